The number of nitrogens with one attached hydrogen (secondary N) is 2. The fourth-order valence-corrected chi connectivity index (χ4v) is 1.81. The highest BCUT2D eigenvalue weighted by atomic mass is 16.2. The minimum Gasteiger partial charge on any atom is -0.345 e. The third kappa shape index (κ3) is 2.41. The first kappa shape index (κ1) is 12.1. The van der Waals surface area contributed by atoms with Crippen LogP contribution in [0, 0.1) is 0 Å². The largest absolute Gasteiger partial charge is 0.345 e. The van der Waals surface area contributed by atoms with Crippen molar-refractivity contribution in [2.45, 2.75) is 6.54 Å². The molecule has 0 radical (unpaired) electrons. The Labute approximate surface area is 113 Å². The zero-order valence-electron chi connectivity index (χ0n) is 10.4. The van der Waals surface area contributed by atoms with Crippen LogP contribution < -0.4 is 10.9 Å². The van der Waals surface area contributed by atoms with Crippen molar-refractivity contribution in [3.8, 4) is 0 Å². The van der Waals surface area contributed by atoms with Crippen molar-refractivity contribution in [3.05, 3.63) is 64.3 Å². The smallest absolute Gasteiger partial charge is 0.272 e. The van der Waals surface area contributed by atoms with Crippen molar-refractivity contribution in [1.29, 1.82) is 0 Å². The highest BCUT2D eigenvalue weighted by molar-refractivity contribution is 5.91. The van der Waals surface area contributed by atoms with Gasteiger partial charge in [0, 0.05) is 12.3 Å². The molecule has 3 rings (SSSR count). The summed E-state index contributed by atoms with van der Waals surface area (Å²) in [6.45, 7) is 0.293. The summed E-state index contributed by atoms with van der Waals surface area (Å²) in [4.78, 5) is 22.7. The van der Waals surface area contributed by atoms with E-state index in [0.29, 0.717) is 6.54 Å². The monoisotopic (exact) mass is 269 g/mol. The number of fused-ring (bicyclic) bond motifs is 1. The van der Waals surface area contributed by atoms with Crippen molar-refractivity contribution >= 4 is 11.4 Å². The van der Waals surface area contributed by atoms with Crippen LogP contribution in [-0.2, 0) is 6.54 Å². The quantitative estimate of drug-likeness (QED) is 0.717. The zero-order chi connectivity index (χ0) is 13.9. The van der Waals surface area contributed by atoms with E-state index in [9.17, 15) is 9.59 Å². The molecule has 0 aliphatic carbocycles. The predicted molar refractivity (Wildman–Crippen MR) is 71.2 cm³/mol. The van der Waals surface area contributed by atoms with Gasteiger partial charge < -0.3 is 5.32 Å². The number of amides is 1. The molecule has 100 valence electrons. The molecule has 0 spiro atoms. The lowest BCUT2D eigenvalue weighted by molar-refractivity contribution is 0.0944. The fourth-order valence-electron chi connectivity index (χ4n) is 1.81. The molecule has 0 bridgehead atoms. The van der Waals surface area contributed by atoms with Crippen LogP contribution in [0.25, 0.3) is 5.52 Å². The Balaban J connectivity index is 1.71. The lowest BCUT2D eigenvalue weighted by Gasteiger charge is -2.01. The van der Waals surface area contributed by atoms with Crippen LogP contribution in [0.5, 0.6) is 0 Å². The molecular formula is C13H11N5O2. The van der Waals surface area contributed by atoms with Gasteiger partial charge in [-0.3, -0.25) is 9.59 Å². The van der Waals surface area contributed by atoms with Gasteiger partial charge in [-0.25, -0.2) is 9.61 Å². The second-order valence-corrected chi connectivity index (χ2v) is 4.19. The van der Waals surface area contributed by atoms with E-state index in [1.807, 2.05) is 30.5 Å². The third-order valence-electron chi connectivity index (χ3n) is 2.76. The molecule has 0 atom stereocenters. The number of carbonyl (C=O) groups is 1. The van der Waals surface area contributed by atoms with Crippen molar-refractivity contribution in [2.75, 3.05) is 0 Å². The number of aromatic nitrogens is 4. The average molecular weight is 269 g/mol. The molecule has 3 heterocycles. The van der Waals surface area contributed by atoms with Crippen LogP contribution in [0.1, 0.15) is 16.2 Å². The summed E-state index contributed by atoms with van der Waals surface area (Å²) >= 11 is 0. The van der Waals surface area contributed by atoms with Crippen LogP contribution in [0.4, 0.5) is 0 Å². The normalized spacial score (nSPS) is 10.6. The van der Waals surface area contributed by atoms with Gasteiger partial charge in [-0.05, 0) is 24.3 Å². The van der Waals surface area contributed by atoms with E-state index < -0.39 is 0 Å². The van der Waals surface area contributed by atoms with Crippen LogP contribution in [0.3, 0.4) is 0 Å². The molecule has 3 aromatic heterocycles. The molecule has 7 heteroatoms. The first-order valence-electron chi connectivity index (χ1n) is 5.99. The molecular weight excluding hydrogens is 258 g/mol. The number of nitrogens with zero attached hydrogens (tertiary/aromatic N) is 3. The minimum absolute atomic E-state index is 0.161. The van der Waals surface area contributed by atoms with E-state index in [4.69, 9.17) is 0 Å². The molecule has 0 saturated carbocycles. The molecule has 7 nitrogen and oxygen atoms in total. The lowest BCUT2D eigenvalue weighted by Crippen LogP contribution is -2.25. The van der Waals surface area contributed by atoms with Crippen molar-refractivity contribution in [1.82, 2.24) is 25.1 Å². The van der Waals surface area contributed by atoms with Gasteiger partial charge in [0.25, 0.3) is 11.5 Å². The number of pyridine rings is 1. The maximum atomic E-state index is 11.8. The maximum absolute atomic E-state index is 11.8. The molecule has 0 unspecified atom stereocenters. The standard InChI is InChI=1S/C13H11N5O2/c19-12-5-4-11(15-16-12)13(20)14-8-9-7-10-3-1-2-6-18(10)17-9/h1-7H,8H2,(H,14,20)(H,16,19). The van der Waals surface area contributed by atoms with E-state index in [1.54, 1.807) is 4.52 Å². The van der Waals surface area contributed by atoms with Crippen LogP contribution in [0.15, 0.2) is 47.4 Å². The van der Waals surface area contributed by atoms with Gasteiger partial charge in [-0.1, -0.05) is 6.07 Å². The Bertz CT molecular complexity index is 767. The van der Waals surface area contributed by atoms with E-state index in [1.165, 1.54) is 12.1 Å². The van der Waals surface area contributed by atoms with Gasteiger partial charge in [0.15, 0.2) is 0 Å². The first-order valence-corrected chi connectivity index (χ1v) is 5.99. The number of H-pyrrole nitrogens is 1. The van der Waals surface area contributed by atoms with Crippen LogP contribution in [0.2, 0.25) is 0 Å². The van der Waals surface area contributed by atoms with E-state index in [0.717, 1.165) is 11.2 Å². The highest BCUT2D eigenvalue weighted by Crippen LogP contribution is 2.05. The summed E-state index contributed by atoms with van der Waals surface area (Å²) in [6.07, 6.45) is 1.84. The Hall–Kier alpha value is -2.96. The second kappa shape index (κ2) is 4.96. The molecule has 1 amide bonds. The van der Waals surface area contributed by atoms with Gasteiger partial charge in [-0.15, -0.1) is 0 Å². The number of aromatic amines is 1. The number of hydrogen-bond donors (Lipinski definition) is 2. The Kier molecular flexibility index (Phi) is 3.00. The van der Waals surface area contributed by atoms with Gasteiger partial charge in [0.1, 0.15) is 5.69 Å². The topological polar surface area (TPSA) is 92.2 Å². The average Bonchev–Trinajstić information content (AvgIpc) is 2.88. The Morgan fingerprint density at radius 1 is 1.30 bits per heavy atom. The number of hydrogen-bond acceptors (Lipinski definition) is 4. The lowest BCUT2D eigenvalue weighted by atomic mass is 10.3. The van der Waals surface area contributed by atoms with Crippen LogP contribution >= 0.6 is 0 Å². The highest BCUT2D eigenvalue weighted by Gasteiger charge is 2.08. The summed E-state index contributed by atoms with van der Waals surface area (Å²) in [5.41, 5.74) is 1.52. The van der Waals surface area contributed by atoms with E-state index >= 15 is 0 Å². The Morgan fingerprint density at radius 3 is 2.95 bits per heavy atom. The van der Waals surface area contributed by atoms with E-state index in [-0.39, 0.29) is 17.2 Å². The molecule has 0 aromatic carbocycles. The van der Waals surface area contributed by atoms with Gasteiger partial charge in [0.2, 0.25) is 0 Å². The summed E-state index contributed by atoms with van der Waals surface area (Å²) in [6, 6.07) is 10.3. The molecule has 0 saturated heterocycles. The fraction of sp³-hybridized carbons (Fsp3) is 0.0769. The third-order valence-corrected chi connectivity index (χ3v) is 2.76. The predicted octanol–water partition coefficient (Wildman–Crippen LogP) is 0.348. The van der Waals surface area contributed by atoms with Gasteiger partial charge in [-0.2, -0.15) is 10.2 Å². The number of rotatable bonds is 3. The van der Waals surface area contributed by atoms with Gasteiger partial charge >= 0.3 is 0 Å². The molecule has 3 aromatic rings. The molecule has 0 aliphatic rings. The minimum atomic E-state index is -0.363. The summed E-state index contributed by atoms with van der Waals surface area (Å²) < 4.78 is 1.74. The maximum Gasteiger partial charge on any atom is 0.272 e. The number of carbonyl (C=O) groups excluding carboxylic acids is 1. The summed E-state index contributed by atoms with van der Waals surface area (Å²) in [5, 5.41) is 12.9. The van der Waals surface area contributed by atoms with Crippen molar-refractivity contribution in [2.24, 2.45) is 0 Å². The van der Waals surface area contributed by atoms with Crippen LogP contribution in [-0.4, -0.2) is 25.7 Å². The summed E-state index contributed by atoms with van der Waals surface area (Å²) in [5.74, 6) is -0.363. The molecule has 20 heavy (non-hydrogen) atoms. The molecule has 2 N–H and O–H groups in total. The summed E-state index contributed by atoms with van der Waals surface area (Å²) in [7, 11) is 0. The van der Waals surface area contributed by atoms with Crippen molar-refractivity contribution in [3.63, 3.8) is 0 Å². The first-order chi connectivity index (χ1) is 9.72. The molecule has 0 fully saturated rings. The SMILES string of the molecule is O=C(NCc1cc2ccccn2n1)c1ccc(=O)[nH]n1. The zero-order valence-corrected chi connectivity index (χ0v) is 10.4. The van der Waals surface area contributed by atoms with Crippen molar-refractivity contribution < 1.29 is 4.79 Å². The van der Waals surface area contributed by atoms with Gasteiger partial charge in [0.05, 0.1) is 17.8 Å². The van der Waals surface area contributed by atoms with E-state index in [2.05, 4.69) is 20.6 Å². The molecule has 0 aliphatic heterocycles. The Morgan fingerprint density at radius 2 is 2.20 bits per heavy atom. The second-order valence-electron chi connectivity index (χ2n) is 4.19.